The lowest BCUT2D eigenvalue weighted by Crippen LogP contribution is -2.28. The summed E-state index contributed by atoms with van der Waals surface area (Å²) in [5, 5.41) is 1.39. The van der Waals surface area contributed by atoms with Crippen LogP contribution in [0.5, 0.6) is 5.75 Å². The number of aromatic nitrogens is 1. The van der Waals surface area contributed by atoms with Crippen LogP contribution in [0.1, 0.15) is 11.3 Å². The van der Waals surface area contributed by atoms with Crippen molar-refractivity contribution in [2.24, 2.45) is 0 Å². The molecule has 3 heteroatoms. The van der Waals surface area contributed by atoms with Gasteiger partial charge in [-0.2, -0.15) is 0 Å². The van der Waals surface area contributed by atoms with E-state index in [0.717, 1.165) is 25.4 Å². The van der Waals surface area contributed by atoms with E-state index in [4.69, 9.17) is 4.74 Å². The minimum Gasteiger partial charge on any atom is -0.490 e. The molecule has 0 radical (unpaired) electrons. The molecule has 0 amide bonds. The van der Waals surface area contributed by atoms with Gasteiger partial charge in [-0.1, -0.05) is 12.1 Å². The van der Waals surface area contributed by atoms with E-state index in [2.05, 4.69) is 34.7 Å². The van der Waals surface area contributed by atoms with Crippen LogP contribution in [0.15, 0.2) is 18.2 Å². The first-order valence-electron chi connectivity index (χ1n) is 6.29. The van der Waals surface area contributed by atoms with E-state index in [0.29, 0.717) is 0 Å². The number of hydrogen-bond donors (Lipinski definition) is 0. The highest BCUT2D eigenvalue weighted by atomic mass is 16.5. The number of benzene rings is 1. The second-order valence-corrected chi connectivity index (χ2v) is 5.07. The molecule has 3 heterocycles. The molecule has 0 spiro atoms. The number of rotatable bonds is 0. The zero-order valence-corrected chi connectivity index (χ0v) is 10.1. The lowest BCUT2D eigenvalue weighted by molar-refractivity contribution is 0.276. The quantitative estimate of drug-likeness (QED) is 0.686. The van der Waals surface area contributed by atoms with Gasteiger partial charge >= 0.3 is 0 Å². The molecule has 88 valence electrons. The second-order valence-electron chi connectivity index (χ2n) is 5.07. The van der Waals surface area contributed by atoms with Gasteiger partial charge < -0.3 is 14.2 Å². The standard InChI is InChI=1S/C14H16N2O/c1-15-6-5-12-11(9-15)10-3-2-4-13-14(10)16(12)7-8-17-13/h2-4H,5-9H2,1H3. The van der Waals surface area contributed by atoms with Gasteiger partial charge in [0.2, 0.25) is 0 Å². The van der Waals surface area contributed by atoms with Gasteiger partial charge in [-0.05, 0) is 18.7 Å². The van der Waals surface area contributed by atoms with Crippen molar-refractivity contribution < 1.29 is 4.74 Å². The van der Waals surface area contributed by atoms with Crippen molar-refractivity contribution in [3.63, 3.8) is 0 Å². The van der Waals surface area contributed by atoms with Crippen LogP contribution >= 0.6 is 0 Å². The summed E-state index contributed by atoms with van der Waals surface area (Å²) in [6.45, 7) is 4.05. The van der Waals surface area contributed by atoms with Crippen molar-refractivity contribution in [3.8, 4) is 5.75 Å². The monoisotopic (exact) mass is 228 g/mol. The summed E-state index contributed by atoms with van der Waals surface area (Å²) >= 11 is 0. The SMILES string of the molecule is CN1CCc2c(c3cccc4c3n2CCO4)C1. The molecule has 0 aliphatic carbocycles. The van der Waals surface area contributed by atoms with Crippen molar-refractivity contribution in [1.29, 1.82) is 0 Å². The first-order chi connectivity index (χ1) is 8.34. The predicted molar refractivity (Wildman–Crippen MR) is 67.5 cm³/mol. The molecule has 0 unspecified atom stereocenters. The Labute approximate surface area is 101 Å². The third kappa shape index (κ3) is 1.20. The second kappa shape index (κ2) is 3.26. The number of para-hydroxylation sites is 1. The molecule has 3 nitrogen and oxygen atoms in total. The number of fused-ring (bicyclic) bond motifs is 3. The Bertz CT molecular complexity index is 600. The first-order valence-corrected chi connectivity index (χ1v) is 6.29. The van der Waals surface area contributed by atoms with Crippen LogP contribution in [-0.4, -0.2) is 29.7 Å². The van der Waals surface area contributed by atoms with Gasteiger partial charge in [0.05, 0.1) is 12.1 Å². The summed E-state index contributed by atoms with van der Waals surface area (Å²) in [6, 6.07) is 6.44. The molecule has 0 atom stereocenters. The normalized spacial score (nSPS) is 19.1. The number of likely N-dealkylation sites (N-methyl/N-ethyl adjacent to an activating group) is 1. The largest absolute Gasteiger partial charge is 0.490 e. The summed E-state index contributed by atoms with van der Waals surface area (Å²) in [5.74, 6) is 1.06. The molecule has 1 aromatic carbocycles. The highest BCUT2D eigenvalue weighted by molar-refractivity contribution is 5.91. The Balaban J connectivity index is 2.09. The highest BCUT2D eigenvalue weighted by Crippen LogP contribution is 2.37. The Hall–Kier alpha value is -1.48. The lowest BCUT2D eigenvalue weighted by atomic mass is 10.1. The summed E-state index contributed by atoms with van der Waals surface area (Å²) in [7, 11) is 2.20. The van der Waals surface area contributed by atoms with Crippen LogP contribution in [0.4, 0.5) is 0 Å². The number of nitrogens with zero attached hydrogens (tertiary/aromatic N) is 2. The third-order valence-corrected chi connectivity index (χ3v) is 4.00. The third-order valence-electron chi connectivity index (χ3n) is 4.00. The van der Waals surface area contributed by atoms with Crippen molar-refractivity contribution in [1.82, 2.24) is 9.47 Å². The van der Waals surface area contributed by atoms with Gasteiger partial charge in [0, 0.05) is 30.6 Å². The molecule has 2 aromatic rings. The van der Waals surface area contributed by atoms with Gasteiger partial charge in [0.25, 0.3) is 0 Å². The van der Waals surface area contributed by atoms with Gasteiger partial charge in [0.15, 0.2) is 0 Å². The van der Waals surface area contributed by atoms with Gasteiger partial charge in [-0.15, -0.1) is 0 Å². The van der Waals surface area contributed by atoms with E-state index in [-0.39, 0.29) is 0 Å². The summed E-state index contributed by atoms with van der Waals surface area (Å²) in [4.78, 5) is 2.40. The first kappa shape index (κ1) is 9.54. The summed E-state index contributed by atoms with van der Waals surface area (Å²) < 4.78 is 8.25. The van der Waals surface area contributed by atoms with Crippen LogP contribution in [0, 0.1) is 0 Å². The van der Waals surface area contributed by atoms with E-state index in [1.807, 2.05) is 0 Å². The Morgan fingerprint density at radius 2 is 2.18 bits per heavy atom. The lowest BCUT2D eigenvalue weighted by Gasteiger charge is -2.25. The molecule has 17 heavy (non-hydrogen) atoms. The molecular weight excluding hydrogens is 212 g/mol. The Morgan fingerprint density at radius 3 is 3.12 bits per heavy atom. The van der Waals surface area contributed by atoms with Crippen LogP contribution in [0.25, 0.3) is 10.9 Å². The molecule has 0 saturated carbocycles. The van der Waals surface area contributed by atoms with Crippen molar-refractivity contribution in [3.05, 3.63) is 29.5 Å². The van der Waals surface area contributed by atoms with Gasteiger partial charge in [-0.25, -0.2) is 0 Å². The van der Waals surface area contributed by atoms with Crippen LogP contribution in [0.3, 0.4) is 0 Å². The van der Waals surface area contributed by atoms with Gasteiger partial charge in [0.1, 0.15) is 12.4 Å². The topological polar surface area (TPSA) is 17.4 Å². The van der Waals surface area contributed by atoms with Crippen molar-refractivity contribution >= 4 is 10.9 Å². The van der Waals surface area contributed by atoms with Gasteiger partial charge in [-0.3, -0.25) is 0 Å². The smallest absolute Gasteiger partial charge is 0.143 e. The van der Waals surface area contributed by atoms with E-state index >= 15 is 0 Å². The Kier molecular flexibility index (Phi) is 1.83. The molecular formula is C14H16N2O. The molecule has 0 bridgehead atoms. The number of hydrogen-bond acceptors (Lipinski definition) is 2. The molecule has 2 aliphatic rings. The van der Waals surface area contributed by atoms with E-state index in [1.54, 1.807) is 0 Å². The zero-order valence-electron chi connectivity index (χ0n) is 10.1. The van der Waals surface area contributed by atoms with Crippen LogP contribution < -0.4 is 4.74 Å². The van der Waals surface area contributed by atoms with Crippen LogP contribution in [-0.2, 0) is 19.5 Å². The highest BCUT2D eigenvalue weighted by Gasteiger charge is 2.25. The average molecular weight is 228 g/mol. The minimum absolute atomic E-state index is 0.809. The van der Waals surface area contributed by atoms with E-state index in [1.165, 1.54) is 35.1 Å². The minimum atomic E-state index is 0.809. The molecule has 0 fully saturated rings. The molecule has 2 aliphatic heterocycles. The molecule has 0 saturated heterocycles. The Morgan fingerprint density at radius 1 is 1.24 bits per heavy atom. The fourth-order valence-electron chi connectivity index (χ4n) is 3.22. The molecule has 1 aromatic heterocycles. The average Bonchev–Trinajstić information content (AvgIpc) is 2.67. The molecule has 0 N–H and O–H groups in total. The van der Waals surface area contributed by atoms with Crippen LogP contribution in [0.2, 0.25) is 0 Å². The maximum absolute atomic E-state index is 5.77. The van der Waals surface area contributed by atoms with E-state index in [9.17, 15) is 0 Å². The summed E-state index contributed by atoms with van der Waals surface area (Å²) in [5.41, 5.74) is 4.37. The molecule has 4 rings (SSSR count). The van der Waals surface area contributed by atoms with Crippen molar-refractivity contribution in [2.75, 3.05) is 20.2 Å². The maximum atomic E-state index is 5.77. The zero-order chi connectivity index (χ0) is 11.4. The predicted octanol–water partition coefficient (Wildman–Crippen LogP) is 2.02. The fraction of sp³-hybridized carbons (Fsp3) is 0.429. The summed E-state index contributed by atoms with van der Waals surface area (Å²) in [6.07, 6.45) is 1.17. The van der Waals surface area contributed by atoms with Crippen molar-refractivity contribution in [2.45, 2.75) is 19.5 Å². The maximum Gasteiger partial charge on any atom is 0.143 e. The fourth-order valence-corrected chi connectivity index (χ4v) is 3.22. The van der Waals surface area contributed by atoms with E-state index < -0.39 is 0 Å². The number of ether oxygens (including phenoxy) is 1.